The first-order valence-corrected chi connectivity index (χ1v) is 9.04. The molecule has 0 saturated carbocycles. The zero-order valence-corrected chi connectivity index (χ0v) is 16.8. The van der Waals surface area contributed by atoms with Crippen LogP contribution in [0.2, 0.25) is 0 Å². The van der Waals surface area contributed by atoms with E-state index in [1.807, 2.05) is 0 Å². The van der Waals surface area contributed by atoms with E-state index in [4.69, 9.17) is 40.2 Å². The zero-order valence-electron chi connectivity index (χ0n) is 16.8. The van der Waals surface area contributed by atoms with Crippen LogP contribution >= 0.6 is 0 Å². The summed E-state index contributed by atoms with van der Waals surface area (Å²) < 4.78 is 0. The highest BCUT2D eigenvalue weighted by Crippen LogP contribution is 2.39. The monoisotopic (exact) mass is 432 g/mol. The van der Waals surface area contributed by atoms with Crippen molar-refractivity contribution < 1.29 is 40.2 Å². The van der Waals surface area contributed by atoms with E-state index in [0.717, 1.165) is 0 Å². The maximum Gasteiger partial charge on any atom is 0.482 e. The van der Waals surface area contributed by atoms with Crippen LogP contribution in [0, 0.1) is 0 Å². The second-order valence-corrected chi connectivity index (χ2v) is 5.88. The Labute approximate surface area is 187 Å². The molecule has 32 heavy (non-hydrogen) atoms. The van der Waals surface area contributed by atoms with Gasteiger partial charge < -0.3 is 40.2 Å². The lowest BCUT2D eigenvalue weighted by atomic mass is 9.90. The fourth-order valence-corrected chi connectivity index (χ4v) is 3.58. The summed E-state index contributed by atoms with van der Waals surface area (Å²) in [6, 6.07) is 26.4. The fraction of sp³-hybridized carbons (Fsp3) is 0. The summed E-state index contributed by atoms with van der Waals surface area (Å²) in [6.07, 6.45) is 0. The third-order valence-corrected chi connectivity index (χ3v) is 4.39. The van der Waals surface area contributed by atoms with Crippen molar-refractivity contribution in [1.82, 2.24) is 0 Å². The molecule has 0 saturated heterocycles. The van der Waals surface area contributed by atoms with Crippen LogP contribution in [0.3, 0.4) is 0 Å². The number of rotatable bonds is 0. The fourth-order valence-electron chi connectivity index (χ4n) is 3.58. The summed E-state index contributed by atoms with van der Waals surface area (Å²) in [6.45, 7) is 0. The van der Waals surface area contributed by atoms with Crippen LogP contribution in [0.4, 0.5) is 0 Å². The van der Waals surface area contributed by atoms with Crippen molar-refractivity contribution in [2.45, 2.75) is 0 Å². The van der Waals surface area contributed by atoms with Crippen molar-refractivity contribution in [1.29, 1.82) is 0 Å². The standard InChI is InChI=1S/C20H12.4BH2O2/c1-5-13-6-2-11-17-18-12-4-8-14-7-3-10-16(20(14)18)15(9-1)19(13)17;4*2-1-3/h1-12H;4*2-3H. The minimum absolute atomic E-state index is 0. The quantitative estimate of drug-likeness (QED) is 0.0946. The molecule has 0 bridgehead atoms. The molecule has 0 amide bonds. The third-order valence-electron chi connectivity index (χ3n) is 4.39. The van der Waals surface area contributed by atoms with Gasteiger partial charge in [0.1, 0.15) is 0 Å². The lowest BCUT2D eigenvalue weighted by molar-refractivity contribution is 0.447. The predicted molar refractivity (Wildman–Crippen MR) is 128 cm³/mol. The van der Waals surface area contributed by atoms with Crippen LogP contribution in [0.25, 0.3) is 43.1 Å². The highest BCUT2D eigenvalue weighted by molar-refractivity contribution is 6.32. The average Bonchev–Trinajstić information content (AvgIpc) is 2.79. The minimum Gasteiger partial charge on any atom is -0.429 e. The minimum atomic E-state index is 0. The van der Waals surface area contributed by atoms with E-state index in [2.05, 4.69) is 72.8 Å². The van der Waals surface area contributed by atoms with Crippen molar-refractivity contribution in [3.63, 3.8) is 0 Å². The van der Waals surface area contributed by atoms with E-state index in [1.165, 1.54) is 43.1 Å². The van der Waals surface area contributed by atoms with Crippen molar-refractivity contribution in [3.05, 3.63) is 72.8 Å². The Morgan fingerprint density at radius 1 is 0.344 bits per heavy atom. The maximum absolute atomic E-state index is 7.00. The molecule has 4 radical (unpaired) electrons. The molecule has 0 aliphatic rings. The van der Waals surface area contributed by atoms with E-state index < -0.39 is 0 Å². The van der Waals surface area contributed by atoms with Crippen molar-refractivity contribution in [2.75, 3.05) is 0 Å². The summed E-state index contributed by atoms with van der Waals surface area (Å²) in [5, 5.41) is 66.9. The first-order valence-electron chi connectivity index (χ1n) is 9.04. The molecule has 0 spiro atoms. The molecule has 12 heteroatoms. The van der Waals surface area contributed by atoms with Crippen LogP contribution in [0.5, 0.6) is 0 Å². The van der Waals surface area contributed by atoms with E-state index in [0.29, 0.717) is 0 Å². The topological polar surface area (TPSA) is 162 Å². The second-order valence-electron chi connectivity index (χ2n) is 5.88. The summed E-state index contributed by atoms with van der Waals surface area (Å²) in [4.78, 5) is 0. The smallest absolute Gasteiger partial charge is 0.429 e. The second kappa shape index (κ2) is 15.2. The normalized spacial score (nSPS) is 9.25. The van der Waals surface area contributed by atoms with Gasteiger partial charge >= 0.3 is 30.7 Å². The maximum atomic E-state index is 7.00. The van der Waals surface area contributed by atoms with Gasteiger partial charge in [-0.15, -0.1) is 0 Å². The van der Waals surface area contributed by atoms with Gasteiger partial charge in [0.25, 0.3) is 0 Å². The zero-order chi connectivity index (χ0) is 23.9. The summed E-state index contributed by atoms with van der Waals surface area (Å²) in [5.74, 6) is 0. The molecule has 0 aliphatic carbocycles. The molecule has 0 fully saturated rings. The molecule has 5 aromatic rings. The van der Waals surface area contributed by atoms with Crippen LogP contribution in [0.15, 0.2) is 72.8 Å². The molecule has 8 nitrogen and oxygen atoms in total. The molecule has 0 unspecified atom stereocenters. The molecule has 0 heterocycles. The highest BCUT2D eigenvalue weighted by atomic mass is 16.4. The van der Waals surface area contributed by atoms with Crippen molar-refractivity contribution in [2.24, 2.45) is 0 Å². The molecular formula is C20H20B4O8. The lowest BCUT2D eigenvalue weighted by Crippen LogP contribution is -1.85. The van der Waals surface area contributed by atoms with Gasteiger partial charge in [0.05, 0.1) is 0 Å². The van der Waals surface area contributed by atoms with Crippen LogP contribution in [-0.2, 0) is 0 Å². The average molecular weight is 432 g/mol. The van der Waals surface area contributed by atoms with Crippen LogP contribution < -0.4 is 0 Å². The number of benzene rings is 5. The highest BCUT2D eigenvalue weighted by Gasteiger charge is 2.11. The summed E-state index contributed by atoms with van der Waals surface area (Å²) in [7, 11) is 0. The predicted octanol–water partition coefficient (Wildman–Crippen LogP) is -0.242. The molecule has 0 aromatic heterocycles. The number of fused-ring (bicyclic) bond motifs is 2. The van der Waals surface area contributed by atoms with E-state index in [-0.39, 0.29) is 30.7 Å². The van der Waals surface area contributed by atoms with E-state index >= 15 is 0 Å². The summed E-state index contributed by atoms with van der Waals surface area (Å²) in [5.41, 5.74) is 0. The SMILES string of the molecule is O[B]O.O[B]O.O[B]O.O[B]O.c1cc2cccc3c4cccc5cccc(c(c1)c23)c54. The van der Waals surface area contributed by atoms with Gasteiger partial charge in [0.15, 0.2) is 0 Å². The van der Waals surface area contributed by atoms with Crippen molar-refractivity contribution >= 4 is 73.8 Å². The Kier molecular flexibility index (Phi) is 13.0. The third kappa shape index (κ3) is 6.67. The largest absolute Gasteiger partial charge is 0.482 e. The van der Waals surface area contributed by atoms with Gasteiger partial charge in [0.2, 0.25) is 0 Å². The number of hydrogen-bond donors (Lipinski definition) is 8. The lowest BCUT2D eigenvalue weighted by Gasteiger charge is -2.13. The van der Waals surface area contributed by atoms with Gasteiger partial charge in [-0.05, 0) is 43.1 Å². The van der Waals surface area contributed by atoms with Crippen LogP contribution in [0.1, 0.15) is 0 Å². The Balaban J connectivity index is 0.000000364. The molecule has 0 aliphatic heterocycles. The molecule has 8 N–H and O–H groups in total. The summed E-state index contributed by atoms with van der Waals surface area (Å²) >= 11 is 0. The molecular weight excluding hydrogens is 411 g/mol. The van der Waals surface area contributed by atoms with Crippen molar-refractivity contribution in [3.8, 4) is 0 Å². The Morgan fingerprint density at radius 3 is 0.719 bits per heavy atom. The first kappa shape index (κ1) is 27.4. The number of hydrogen-bond acceptors (Lipinski definition) is 8. The molecule has 5 rings (SSSR count). The van der Waals surface area contributed by atoms with Gasteiger partial charge in [0, 0.05) is 0 Å². The van der Waals surface area contributed by atoms with E-state index in [9.17, 15) is 0 Å². The van der Waals surface area contributed by atoms with Gasteiger partial charge in [-0.25, -0.2) is 0 Å². The molecule has 160 valence electrons. The van der Waals surface area contributed by atoms with Crippen LogP contribution in [-0.4, -0.2) is 70.9 Å². The van der Waals surface area contributed by atoms with Gasteiger partial charge in [-0.3, -0.25) is 0 Å². The molecule has 0 atom stereocenters. The van der Waals surface area contributed by atoms with Gasteiger partial charge in [-0.2, -0.15) is 0 Å². The Hall–Kier alpha value is -2.66. The first-order chi connectivity index (χ1) is 15.6. The Morgan fingerprint density at radius 2 is 0.531 bits per heavy atom. The van der Waals surface area contributed by atoms with Gasteiger partial charge in [-0.1, -0.05) is 72.8 Å². The Bertz CT molecular complexity index is 1010. The van der Waals surface area contributed by atoms with E-state index in [1.54, 1.807) is 0 Å². The molecule has 5 aromatic carbocycles.